The van der Waals surface area contributed by atoms with Gasteiger partial charge in [-0.3, -0.25) is 0 Å². The Balaban J connectivity index is 1.92. The van der Waals surface area contributed by atoms with E-state index in [4.69, 9.17) is 16.0 Å². The maximum atomic E-state index is 6.11. The van der Waals surface area contributed by atoms with Gasteiger partial charge < -0.3 is 9.73 Å². The Morgan fingerprint density at radius 1 is 1.33 bits per heavy atom. The van der Waals surface area contributed by atoms with Crippen molar-refractivity contribution in [3.8, 4) is 5.69 Å². The molecule has 0 saturated heterocycles. The van der Waals surface area contributed by atoms with Crippen molar-refractivity contribution in [1.82, 2.24) is 9.78 Å². The Hall–Kier alpha value is -1.72. The van der Waals surface area contributed by atoms with Gasteiger partial charge in [-0.05, 0) is 59.3 Å². The van der Waals surface area contributed by atoms with Crippen LogP contribution in [0, 0.1) is 0 Å². The Bertz CT molecular complexity index is 739. The van der Waals surface area contributed by atoms with Crippen LogP contribution in [-0.4, -0.2) is 9.78 Å². The number of hydrogen-bond donors (Lipinski definition) is 1. The van der Waals surface area contributed by atoms with Crippen molar-refractivity contribution in [2.45, 2.75) is 13.0 Å². The molecule has 0 fully saturated rings. The minimum Gasteiger partial charge on any atom is -0.452 e. The van der Waals surface area contributed by atoms with E-state index in [1.165, 1.54) is 0 Å². The molecule has 4 nitrogen and oxygen atoms in total. The molecular weight excluding hydrogens is 354 g/mol. The van der Waals surface area contributed by atoms with Crippen molar-refractivity contribution in [2.24, 2.45) is 0 Å². The first-order valence-corrected chi connectivity index (χ1v) is 7.62. The average Bonchev–Trinajstić information content (AvgIpc) is 3.10. The molecule has 2 heterocycles. The van der Waals surface area contributed by atoms with Gasteiger partial charge in [0.2, 0.25) is 0 Å². The highest BCUT2D eigenvalue weighted by Gasteiger charge is 2.13. The minimum absolute atomic E-state index is 0.00378. The fraction of sp³-hybridized carbons (Fsp3) is 0.133. The summed E-state index contributed by atoms with van der Waals surface area (Å²) in [5, 5.41) is 8.34. The van der Waals surface area contributed by atoms with Crippen LogP contribution in [0.1, 0.15) is 18.7 Å². The lowest BCUT2D eigenvalue weighted by atomic mass is 10.2. The maximum Gasteiger partial charge on any atom is 0.169 e. The molecule has 0 aliphatic rings. The van der Waals surface area contributed by atoms with Crippen molar-refractivity contribution >= 4 is 33.2 Å². The number of furan rings is 1. The molecule has 0 saturated carbocycles. The summed E-state index contributed by atoms with van der Waals surface area (Å²) in [6, 6.07) is 11.3. The van der Waals surface area contributed by atoms with Crippen LogP contribution >= 0.6 is 27.5 Å². The fourth-order valence-electron chi connectivity index (χ4n) is 2.10. The molecule has 0 aliphatic carbocycles. The second kappa shape index (κ2) is 5.95. The summed E-state index contributed by atoms with van der Waals surface area (Å²) < 4.78 is 8.08. The van der Waals surface area contributed by atoms with Crippen LogP contribution in [0.5, 0.6) is 0 Å². The fourth-order valence-corrected chi connectivity index (χ4v) is 2.59. The van der Waals surface area contributed by atoms with Crippen molar-refractivity contribution in [1.29, 1.82) is 0 Å². The average molecular weight is 367 g/mol. The van der Waals surface area contributed by atoms with E-state index < -0.39 is 0 Å². The number of halogens is 2. The molecule has 0 amide bonds. The monoisotopic (exact) mass is 365 g/mol. The van der Waals surface area contributed by atoms with E-state index in [2.05, 4.69) is 26.3 Å². The summed E-state index contributed by atoms with van der Waals surface area (Å²) in [6.45, 7) is 2.03. The molecule has 0 radical (unpaired) electrons. The predicted molar refractivity (Wildman–Crippen MR) is 87.0 cm³/mol. The zero-order chi connectivity index (χ0) is 14.8. The zero-order valence-electron chi connectivity index (χ0n) is 11.3. The zero-order valence-corrected chi connectivity index (χ0v) is 13.6. The lowest BCUT2D eigenvalue weighted by Gasteiger charge is -2.17. The second-order valence-electron chi connectivity index (χ2n) is 4.62. The van der Waals surface area contributed by atoms with E-state index in [0.717, 1.165) is 17.1 Å². The SMILES string of the molecule is CC(Nc1cc(Cl)ccc1-n1cccn1)c1ccc(Br)o1. The third kappa shape index (κ3) is 3.14. The number of nitrogens with one attached hydrogen (secondary N) is 1. The van der Waals surface area contributed by atoms with Gasteiger partial charge in [-0.2, -0.15) is 5.10 Å². The van der Waals surface area contributed by atoms with Gasteiger partial charge in [0.1, 0.15) is 5.76 Å². The predicted octanol–water partition coefficient (Wildman–Crippen LogP) is 5.05. The van der Waals surface area contributed by atoms with Gasteiger partial charge in [-0.15, -0.1) is 0 Å². The van der Waals surface area contributed by atoms with E-state index in [0.29, 0.717) is 9.69 Å². The molecule has 2 aromatic heterocycles. The number of benzene rings is 1. The number of hydrogen-bond acceptors (Lipinski definition) is 3. The molecule has 1 N–H and O–H groups in total. The highest BCUT2D eigenvalue weighted by atomic mass is 79.9. The first-order valence-electron chi connectivity index (χ1n) is 6.45. The van der Waals surface area contributed by atoms with Crippen molar-refractivity contribution in [3.63, 3.8) is 0 Å². The van der Waals surface area contributed by atoms with Gasteiger partial charge >= 0.3 is 0 Å². The van der Waals surface area contributed by atoms with Gasteiger partial charge in [0.15, 0.2) is 4.67 Å². The molecule has 0 bridgehead atoms. The molecule has 0 aliphatic heterocycles. The van der Waals surface area contributed by atoms with Crippen LogP contribution in [0.25, 0.3) is 5.69 Å². The summed E-state index contributed by atoms with van der Waals surface area (Å²) in [7, 11) is 0. The Kier molecular flexibility index (Phi) is 4.03. The van der Waals surface area contributed by atoms with Crippen molar-refractivity contribution in [2.75, 3.05) is 5.32 Å². The first kappa shape index (κ1) is 14.2. The molecular formula is C15H13BrClN3O. The summed E-state index contributed by atoms with van der Waals surface area (Å²) >= 11 is 9.42. The quantitative estimate of drug-likeness (QED) is 0.702. The smallest absolute Gasteiger partial charge is 0.169 e. The molecule has 0 spiro atoms. The van der Waals surface area contributed by atoms with E-state index in [-0.39, 0.29) is 6.04 Å². The van der Waals surface area contributed by atoms with Crippen molar-refractivity contribution in [3.05, 3.63) is 64.2 Å². The number of rotatable bonds is 4. The third-order valence-corrected chi connectivity index (χ3v) is 3.76. The van der Waals surface area contributed by atoms with Gasteiger partial charge in [-0.1, -0.05) is 11.6 Å². The van der Waals surface area contributed by atoms with E-state index >= 15 is 0 Å². The van der Waals surface area contributed by atoms with E-state index in [1.54, 1.807) is 10.9 Å². The van der Waals surface area contributed by atoms with Crippen LogP contribution in [0.3, 0.4) is 0 Å². The molecule has 1 aromatic carbocycles. The molecule has 1 atom stereocenters. The third-order valence-electron chi connectivity index (χ3n) is 3.10. The van der Waals surface area contributed by atoms with Crippen LogP contribution in [0.4, 0.5) is 5.69 Å². The second-order valence-corrected chi connectivity index (χ2v) is 5.84. The van der Waals surface area contributed by atoms with E-state index in [1.807, 2.05) is 49.5 Å². The number of nitrogens with zero attached hydrogens (tertiary/aromatic N) is 2. The summed E-state index contributed by atoms with van der Waals surface area (Å²) in [5.74, 6) is 0.841. The summed E-state index contributed by atoms with van der Waals surface area (Å²) in [6.07, 6.45) is 3.63. The van der Waals surface area contributed by atoms with E-state index in [9.17, 15) is 0 Å². The molecule has 3 rings (SSSR count). The van der Waals surface area contributed by atoms with Gasteiger partial charge in [0, 0.05) is 17.4 Å². The Labute approximate surface area is 135 Å². The molecule has 108 valence electrons. The Morgan fingerprint density at radius 3 is 2.86 bits per heavy atom. The summed E-state index contributed by atoms with van der Waals surface area (Å²) in [4.78, 5) is 0. The van der Waals surface area contributed by atoms with Gasteiger partial charge in [0.25, 0.3) is 0 Å². The molecule has 1 unspecified atom stereocenters. The molecule has 21 heavy (non-hydrogen) atoms. The summed E-state index contributed by atoms with van der Waals surface area (Å²) in [5.41, 5.74) is 1.83. The normalized spacial score (nSPS) is 12.3. The lowest BCUT2D eigenvalue weighted by Crippen LogP contribution is -2.09. The Morgan fingerprint density at radius 2 is 2.19 bits per heavy atom. The maximum absolute atomic E-state index is 6.11. The largest absolute Gasteiger partial charge is 0.452 e. The van der Waals surface area contributed by atoms with Crippen LogP contribution < -0.4 is 5.32 Å². The first-order chi connectivity index (χ1) is 10.1. The lowest BCUT2D eigenvalue weighted by molar-refractivity contribution is 0.471. The highest BCUT2D eigenvalue weighted by molar-refractivity contribution is 9.10. The molecule has 3 aromatic rings. The van der Waals surface area contributed by atoms with Crippen molar-refractivity contribution < 1.29 is 4.42 Å². The molecule has 6 heteroatoms. The van der Waals surface area contributed by atoms with Crippen LogP contribution in [0.2, 0.25) is 5.02 Å². The highest BCUT2D eigenvalue weighted by Crippen LogP contribution is 2.29. The van der Waals surface area contributed by atoms with Crippen LogP contribution in [0.15, 0.2) is 57.9 Å². The van der Waals surface area contributed by atoms with Crippen LogP contribution in [-0.2, 0) is 0 Å². The van der Waals surface area contributed by atoms with Gasteiger partial charge in [-0.25, -0.2) is 4.68 Å². The van der Waals surface area contributed by atoms with Gasteiger partial charge in [0.05, 0.1) is 17.4 Å². The minimum atomic E-state index is 0.00378. The topological polar surface area (TPSA) is 43.0 Å². The number of anilines is 1. The standard InChI is InChI=1S/C15H13BrClN3O/c1-10(14-5-6-15(16)21-14)19-12-9-11(17)3-4-13(12)20-8-2-7-18-20/h2-10,19H,1H3. The number of aromatic nitrogens is 2.